The Balaban J connectivity index is 1.34. The normalized spacial score (nSPS) is 16.2. The van der Waals surface area contributed by atoms with E-state index in [0.29, 0.717) is 0 Å². The molecule has 0 amide bonds. The SMILES string of the molecule is CC(C)(C)c1cc2c3c(c1)N1c4ccccc4[Si](c4ccccc4)(c4ccccc4)c4cccc(c41)B3N1c3ccccc3[Si](C)(C)c3cccc-2c31. The molecule has 0 spiro atoms. The van der Waals surface area contributed by atoms with E-state index in [1.165, 1.54) is 87.2 Å². The summed E-state index contributed by atoms with van der Waals surface area (Å²) < 4.78 is 0. The van der Waals surface area contributed by atoms with Crippen molar-refractivity contribution in [2.45, 2.75) is 39.3 Å². The van der Waals surface area contributed by atoms with Gasteiger partial charge in [0.1, 0.15) is 8.07 Å². The summed E-state index contributed by atoms with van der Waals surface area (Å²) in [5.41, 5.74) is 13.7. The summed E-state index contributed by atoms with van der Waals surface area (Å²) >= 11 is 0. The summed E-state index contributed by atoms with van der Waals surface area (Å²) in [5.74, 6) is 0. The van der Waals surface area contributed by atoms with Crippen LogP contribution in [0, 0.1) is 0 Å². The lowest BCUT2D eigenvalue weighted by atomic mass is 9.43. The van der Waals surface area contributed by atoms with Crippen LogP contribution >= 0.6 is 0 Å². The fourth-order valence-electron chi connectivity index (χ4n) is 10.5. The first-order valence-corrected chi connectivity index (χ1v) is 24.1. The molecule has 0 saturated carbocycles. The largest absolute Gasteiger partial charge is 0.377 e. The number of para-hydroxylation sites is 4. The monoisotopic (exact) mass is 712 g/mol. The highest BCUT2D eigenvalue weighted by atomic mass is 28.3. The van der Waals surface area contributed by atoms with Gasteiger partial charge in [0.05, 0.1) is 0 Å². The maximum atomic E-state index is 2.77. The maximum absolute atomic E-state index is 2.79. The molecule has 11 rings (SSSR count). The van der Waals surface area contributed by atoms with E-state index in [1.54, 1.807) is 0 Å². The second kappa shape index (κ2) is 10.6. The third-order valence-electron chi connectivity index (χ3n) is 12.8. The van der Waals surface area contributed by atoms with E-state index in [2.05, 4.69) is 201 Å². The summed E-state index contributed by atoms with van der Waals surface area (Å²) in [7, 11) is -4.80. The lowest BCUT2D eigenvalue weighted by Crippen LogP contribution is -2.79. The van der Waals surface area contributed by atoms with E-state index in [4.69, 9.17) is 0 Å². The highest BCUT2D eigenvalue weighted by molar-refractivity contribution is 7.22. The third kappa shape index (κ3) is 3.89. The van der Waals surface area contributed by atoms with Crippen LogP contribution in [-0.4, -0.2) is 23.0 Å². The molecule has 4 aliphatic heterocycles. The van der Waals surface area contributed by atoms with Gasteiger partial charge in [0.25, 0.3) is 0 Å². The van der Waals surface area contributed by atoms with Gasteiger partial charge in [-0.15, -0.1) is 0 Å². The minimum atomic E-state index is -2.79. The molecule has 4 heterocycles. The first-order chi connectivity index (χ1) is 25.7. The highest BCUT2D eigenvalue weighted by Gasteiger charge is 2.55. The fraction of sp³-hybridized carbons (Fsp3) is 0.125. The van der Waals surface area contributed by atoms with Crippen LogP contribution in [0.1, 0.15) is 26.3 Å². The number of fused-ring (bicyclic) bond motifs is 8. The number of anilines is 5. The minimum Gasteiger partial charge on any atom is -0.377 e. The lowest BCUT2D eigenvalue weighted by molar-refractivity contribution is 0.590. The van der Waals surface area contributed by atoms with Crippen molar-refractivity contribution in [1.82, 2.24) is 0 Å². The Labute approximate surface area is 315 Å². The number of hydrogen-bond acceptors (Lipinski definition) is 2. The van der Waals surface area contributed by atoms with Crippen LogP contribution in [0.3, 0.4) is 0 Å². The quantitative estimate of drug-likeness (QED) is 0.189. The molecular formula is C48H41BN2Si2. The van der Waals surface area contributed by atoms with Gasteiger partial charge < -0.3 is 9.71 Å². The fourth-order valence-corrected chi connectivity index (χ4v) is 18.6. The average molecular weight is 713 g/mol. The van der Waals surface area contributed by atoms with Gasteiger partial charge in [-0.1, -0.05) is 173 Å². The summed E-state index contributed by atoms with van der Waals surface area (Å²) in [6.45, 7) is 12.2. The molecule has 0 radical (unpaired) electrons. The number of benzene rings is 7. The number of nitrogens with zero attached hydrogens (tertiary/aromatic N) is 2. The van der Waals surface area contributed by atoms with Crippen LogP contribution in [0.4, 0.5) is 28.4 Å². The Morgan fingerprint density at radius 1 is 0.491 bits per heavy atom. The molecule has 0 aliphatic carbocycles. The van der Waals surface area contributed by atoms with Gasteiger partial charge in [0.15, 0.2) is 8.07 Å². The molecule has 0 N–H and O–H groups in total. The van der Waals surface area contributed by atoms with Crippen molar-refractivity contribution in [2.24, 2.45) is 0 Å². The molecule has 0 bridgehead atoms. The van der Waals surface area contributed by atoms with Gasteiger partial charge in [0, 0.05) is 34.0 Å². The van der Waals surface area contributed by atoms with Crippen LogP contribution < -0.4 is 51.8 Å². The van der Waals surface area contributed by atoms with Crippen molar-refractivity contribution >= 4 is 93.5 Å². The molecule has 7 aromatic carbocycles. The second-order valence-electron chi connectivity index (χ2n) is 16.9. The molecule has 0 saturated heterocycles. The van der Waals surface area contributed by atoms with Crippen molar-refractivity contribution in [2.75, 3.05) is 9.71 Å². The van der Waals surface area contributed by atoms with Crippen LogP contribution in [0.5, 0.6) is 0 Å². The van der Waals surface area contributed by atoms with E-state index in [1.807, 2.05) is 0 Å². The summed E-state index contributed by atoms with van der Waals surface area (Å²) in [4.78, 5) is 5.45. The summed E-state index contributed by atoms with van der Waals surface area (Å²) in [6.07, 6.45) is 0. The zero-order chi connectivity index (χ0) is 35.9. The zero-order valence-corrected chi connectivity index (χ0v) is 33.0. The Morgan fingerprint density at radius 3 is 1.77 bits per heavy atom. The molecule has 0 unspecified atom stereocenters. The van der Waals surface area contributed by atoms with Crippen molar-refractivity contribution in [1.29, 1.82) is 0 Å². The first kappa shape index (κ1) is 31.2. The van der Waals surface area contributed by atoms with Crippen LogP contribution in [0.15, 0.2) is 158 Å². The van der Waals surface area contributed by atoms with Gasteiger partial charge >= 0.3 is 6.85 Å². The smallest absolute Gasteiger partial charge is 0.333 e. The highest BCUT2D eigenvalue weighted by Crippen LogP contribution is 2.49. The van der Waals surface area contributed by atoms with Crippen molar-refractivity contribution in [3.8, 4) is 11.1 Å². The molecule has 53 heavy (non-hydrogen) atoms. The van der Waals surface area contributed by atoms with Crippen LogP contribution in [-0.2, 0) is 5.41 Å². The zero-order valence-electron chi connectivity index (χ0n) is 31.0. The molecule has 5 heteroatoms. The van der Waals surface area contributed by atoms with Crippen molar-refractivity contribution < 1.29 is 0 Å². The minimum absolute atomic E-state index is 0.0311. The Hall–Kier alpha value is -5.36. The molecule has 0 fully saturated rings. The Morgan fingerprint density at radius 2 is 1.08 bits per heavy atom. The summed E-state index contributed by atoms with van der Waals surface area (Å²) in [5, 5.41) is 8.83. The van der Waals surface area contributed by atoms with Gasteiger partial charge in [-0.05, 0) is 76.8 Å². The van der Waals surface area contributed by atoms with Crippen molar-refractivity contribution in [3.63, 3.8) is 0 Å². The second-order valence-corrected chi connectivity index (χ2v) is 25.0. The first-order valence-electron chi connectivity index (χ1n) is 19.1. The molecule has 2 nitrogen and oxygen atoms in total. The third-order valence-corrected chi connectivity index (χ3v) is 21.2. The lowest BCUT2D eigenvalue weighted by Gasteiger charge is -2.53. The summed E-state index contributed by atoms with van der Waals surface area (Å²) in [6, 6.07) is 61.2. The predicted molar refractivity (Wildman–Crippen MR) is 233 cm³/mol. The maximum Gasteiger partial charge on any atom is 0.333 e. The van der Waals surface area contributed by atoms with Crippen LogP contribution in [0.2, 0.25) is 13.1 Å². The predicted octanol–water partition coefficient (Wildman–Crippen LogP) is 6.52. The van der Waals surface area contributed by atoms with E-state index >= 15 is 0 Å². The molecule has 4 aliphatic rings. The van der Waals surface area contributed by atoms with E-state index in [9.17, 15) is 0 Å². The van der Waals surface area contributed by atoms with E-state index in [0.717, 1.165) is 0 Å². The number of hydrogen-bond donors (Lipinski definition) is 0. The number of rotatable bonds is 2. The van der Waals surface area contributed by atoms with Gasteiger partial charge in [0.2, 0.25) is 0 Å². The Kier molecular flexibility index (Phi) is 6.25. The van der Waals surface area contributed by atoms with Crippen LogP contribution in [0.25, 0.3) is 11.1 Å². The van der Waals surface area contributed by atoms with Gasteiger partial charge in [-0.25, -0.2) is 0 Å². The van der Waals surface area contributed by atoms with Gasteiger partial charge in [-0.3, -0.25) is 0 Å². The van der Waals surface area contributed by atoms with E-state index < -0.39 is 16.1 Å². The topological polar surface area (TPSA) is 6.48 Å². The van der Waals surface area contributed by atoms with E-state index in [-0.39, 0.29) is 12.3 Å². The van der Waals surface area contributed by atoms with Gasteiger partial charge in [-0.2, -0.15) is 0 Å². The molecule has 254 valence electrons. The average Bonchev–Trinajstić information content (AvgIpc) is 3.18. The van der Waals surface area contributed by atoms with Crippen molar-refractivity contribution in [3.05, 3.63) is 163 Å². The standard InChI is InChI=1S/C48H41BN2Si2/c1-48(2,3)32-30-36-35-22-16-28-43-46(35)51(39-25-13-14-26-41(39)52(43,4)5)49-37-23-17-29-44-47(37)50(40(31-32)45(36)49)38-24-12-15-27-42(38)53(44,33-18-8-6-9-19-33)34-20-10-7-11-21-34/h6-31H,1-5H3. The molecule has 7 aromatic rings. The molecular weight excluding hydrogens is 672 g/mol. The molecule has 0 atom stereocenters. The Bertz CT molecular complexity index is 2620. The molecule has 0 aromatic heterocycles.